The third-order valence-corrected chi connectivity index (χ3v) is 4.45. The van der Waals surface area contributed by atoms with Crippen molar-refractivity contribution in [2.75, 3.05) is 11.9 Å². The maximum absolute atomic E-state index is 12.3. The summed E-state index contributed by atoms with van der Waals surface area (Å²) in [6.07, 6.45) is 0. The Morgan fingerprint density at radius 1 is 1.30 bits per heavy atom. The molecule has 0 saturated heterocycles. The van der Waals surface area contributed by atoms with Crippen LogP contribution < -0.4 is 10.6 Å². The summed E-state index contributed by atoms with van der Waals surface area (Å²) < 4.78 is 0.863. The Morgan fingerprint density at radius 2 is 1.90 bits per heavy atom. The molecule has 2 N–H and O–H groups in total. The Balaban J connectivity index is 2.26. The van der Waals surface area contributed by atoms with Gasteiger partial charge in [-0.25, -0.2) is 0 Å². The smallest absolute Gasteiger partial charge is 0.260 e. The molecule has 20 heavy (non-hydrogen) atoms. The predicted octanol–water partition coefficient (Wildman–Crippen LogP) is 3.97. The van der Waals surface area contributed by atoms with Crippen molar-refractivity contribution in [3.63, 3.8) is 0 Å². The molecule has 1 aromatic carbocycles. The molecule has 2 rings (SSSR count). The van der Waals surface area contributed by atoms with E-state index in [1.165, 1.54) is 16.2 Å². The summed E-state index contributed by atoms with van der Waals surface area (Å²) in [5, 5.41) is 0. The first-order valence-electron chi connectivity index (χ1n) is 5.53. The number of hydrogen-bond donors (Lipinski definition) is 1. The Kier molecular flexibility index (Phi) is 4.65. The van der Waals surface area contributed by atoms with Gasteiger partial charge in [0.25, 0.3) is 5.91 Å². The van der Waals surface area contributed by atoms with E-state index in [1.54, 1.807) is 37.4 Å². The summed E-state index contributed by atoms with van der Waals surface area (Å²) in [5.41, 5.74) is 7.39. The van der Waals surface area contributed by atoms with E-state index >= 15 is 0 Å². The van der Waals surface area contributed by atoms with E-state index in [-0.39, 0.29) is 5.91 Å². The van der Waals surface area contributed by atoms with Crippen LogP contribution in [-0.2, 0) is 0 Å². The summed E-state index contributed by atoms with van der Waals surface area (Å²) in [7, 11) is 1.67. The maximum Gasteiger partial charge on any atom is 0.260 e. The van der Waals surface area contributed by atoms with E-state index in [1.807, 2.05) is 0 Å². The molecule has 0 aliphatic rings. The van der Waals surface area contributed by atoms with Crippen molar-refractivity contribution in [2.45, 2.75) is 0 Å². The van der Waals surface area contributed by atoms with Crippen LogP contribution in [0.4, 0.5) is 5.69 Å². The SMILES string of the molecule is CN(C(=O)c1cc(Cl)sc1Cl)c1ccc(C(N)=S)cc1. The Morgan fingerprint density at radius 3 is 2.35 bits per heavy atom. The number of thiocarbonyl (C=S) groups is 1. The summed E-state index contributed by atoms with van der Waals surface area (Å²) in [6.45, 7) is 0. The van der Waals surface area contributed by atoms with Crippen molar-refractivity contribution < 1.29 is 4.79 Å². The van der Waals surface area contributed by atoms with Gasteiger partial charge in [0, 0.05) is 18.3 Å². The molecule has 104 valence electrons. The number of halogens is 2. The minimum absolute atomic E-state index is 0.221. The molecule has 1 aromatic heterocycles. The van der Waals surface area contributed by atoms with Crippen LogP contribution in [0.5, 0.6) is 0 Å². The first kappa shape index (κ1) is 15.3. The highest BCUT2D eigenvalue weighted by molar-refractivity contribution is 7.80. The number of benzene rings is 1. The van der Waals surface area contributed by atoms with E-state index in [0.717, 1.165) is 5.56 Å². The van der Waals surface area contributed by atoms with Gasteiger partial charge in [-0.1, -0.05) is 35.4 Å². The molecule has 0 spiro atoms. The van der Waals surface area contributed by atoms with E-state index < -0.39 is 0 Å². The number of amides is 1. The second-order valence-electron chi connectivity index (χ2n) is 4.01. The van der Waals surface area contributed by atoms with Crippen LogP contribution in [-0.4, -0.2) is 17.9 Å². The van der Waals surface area contributed by atoms with Crippen molar-refractivity contribution >= 4 is 63.3 Å². The Hall–Kier alpha value is -1.14. The fraction of sp³-hybridized carbons (Fsp3) is 0.0769. The first-order valence-corrected chi connectivity index (χ1v) is 7.51. The van der Waals surface area contributed by atoms with Crippen LogP contribution in [0.1, 0.15) is 15.9 Å². The Bertz CT molecular complexity index is 668. The van der Waals surface area contributed by atoms with E-state index in [2.05, 4.69) is 0 Å². The lowest BCUT2D eigenvalue weighted by atomic mass is 10.2. The zero-order valence-corrected chi connectivity index (χ0v) is 13.5. The van der Waals surface area contributed by atoms with E-state index in [0.29, 0.717) is 24.9 Å². The normalized spacial score (nSPS) is 10.3. The van der Waals surface area contributed by atoms with Gasteiger partial charge in [0.15, 0.2) is 0 Å². The number of rotatable bonds is 3. The fourth-order valence-electron chi connectivity index (χ4n) is 1.63. The van der Waals surface area contributed by atoms with Crippen molar-refractivity contribution in [1.82, 2.24) is 0 Å². The predicted molar refractivity (Wildman–Crippen MR) is 89.4 cm³/mol. The highest BCUT2D eigenvalue weighted by Crippen LogP contribution is 2.32. The number of carbonyl (C=O) groups excluding carboxylic acids is 1. The lowest BCUT2D eigenvalue weighted by Gasteiger charge is -2.17. The Labute approximate surface area is 135 Å². The monoisotopic (exact) mass is 344 g/mol. The van der Waals surface area contributed by atoms with Gasteiger partial charge >= 0.3 is 0 Å². The first-order chi connectivity index (χ1) is 9.40. The molecule has 0 unspecified atom stereocenters. The zero-order chi connectivity index (χ0) is 14.9. The third kappa shape index (κ3) is 3.12. The maximum atomic E-state index is 12.3. The van der Waals surface area contributed by atoms with Gasteiger partial charge in [-0.15, -0.1) is 11.3 Å². The average Bonchev–Trinajstić information content (AvgIpc) is 2.76. The molecule has 3 nitrogen and oxygen atoms in total. The molecule has 0 aliphatic heterocycles. The van der Waals surface area contributed by atoms with Gasteiger partial charge in [-0.05, 0) is 30.3 Å². The quantitative estimate of drug-likeness (QED) is 0.857. The van der Waals surface area contributed by atoms with Crippen molar-refractivity contribution in [3.05, 3.63) is 50.1 Å². The molecule has 0 saturated carbocycles. The average molecular weight is 345 g/mol. The largest absolute Gasteiger partial charge is 0.389 e. The molecule has 7 heteroatoms. The van der Waals surface area contributed by atoms with Crippen LogP contribution >= 0.6 is 46.8 Å². The fourth-order valence-corrected chi connectivity index (χ4v) is 3.22. The standard InChI is InChI=1S/C13H10Cl2N2OS2/c1-17(8-4-2-7(3-5-8)12(16)19)13(18)9-6-10(14)20-11(9)15/h2-6H,1H3,(H2,16,19). The highest BCUT2D eigenvalue weighted by atomic mass is 35.5. The molecule has 1 heterocycles. The van der Waals surface area contributed by atoms with Crippen molar-refractivity contribution in [2.24, 2.45) is 5.73 Å². The van der Waals surface area contributed by atoms with Crippen molar-refractivity contribution in [3.8, 4) is 0 Å². The van der Waals surface area contributed by atoms with Gasteiger partial charge < -0.3 is 10.6 Å². The molecule has 0 fully saturated rings. The van der Waals surface area contributed by atoms with Gasteiger partial charge in [0.05, 0.1) is 9.90 Å². The number of thiophene rings is 1. The van der Waals surface area contributed by atoms with E-state index in [4.69, 9.17) is 41.2 Å². The highest BCUT2D eigenvalue weighted by Gasteiger charge is 2.19. The second kappa shape index (κ2) is 6.10. The van der Waals surface area contributed by atoms with Crippen LogP contribution in [0, 0.1) is 0 Å². The molecule has 2 aromatic rings. The number of nitrogens with zero attached hydrogens (tertiary/aromatic N) is 1. The number of nitrogens with two attached hydrogens (primary N) is 1. The van der Waals surface area contributed by atoms with Gasteiger partial charge in [0.1, 0.15) is 9.32 Å². The van der Waals surface area contributed by atoms with Crippen LogP contribution in [0.25, 0.3) is 0 Å². The number of hydrogen-bond acceptors (Lipinski definition) is 3. The molecule has 0 atom stereocenters. The van der Waals surface area contributed by atoms with Gasteiger partial charge in [-0.2, -0.15) is 0 Å². The lowest BCUT2D eigenvalue weighted by Crippen LogP contribution is -2.26. The summed E-state index contributed by atoms with van der Waals surface area (Å²) in [6, 6.07) is 8.65. The topological polar surface area (TPSA) is 46.3 Å². The molecular formula is C13H10Cl2N2OS2. The summed E-state index contributed by atoms with van der Waals surface area (Å²) in [5.74, 6) is -0.221. The van der Waals surface area contributed by atoms with Crippen LogP contribution in [0.15, 0.2) is 30.3 Å². The van der Waals surface area contributed by atoms with E-state index in [9.17, 15) is 4.79 Å². The summed E-state index contributed by atoms with van der Waals surface area (Å²) in [4.78, 5) is 14.1. The number of anilines is 1. The minimum Gasteiger partial charge on any atom is -0.389 e. The number of carbonyl (C=O) groups is 1. The zero-order valence-electron chi connectivity index (χ0n) is 10.4. The summed E-state index contributed by atoms with van der Waals surface area (Å²) >= 11 is 17.9. The van der Waals surface area contributed by atoms with Gasteiger partial charge in [-0.3, -0.25) is 4.79 Å². The second-order valence-corrected chi connectivity index (χ2v) is 6.74. The molecule has 1 amide bonds. The van der Waals surface area contributed by atoms with Crippen LogP contribution in [0.2, 0.25) is 8.67 Å². The van der Waals surface area contributed by atoms with Crippen LogP contribution in [0.3, 0.4) is 0 Å². The molecule has 0 radical (unpaired) electrons. The third-order valence-electron chi connectivity index (χ3n) is 2.73. The lowest BCUT2D eigenvalue weighted by molar-refractivity contribution is 0.0993. The molecule has 0 aliphatic carbocycles. The van der Waals surface area contributed by atoms with Gasteiger partial charge in [0.2, 0.25) is 0 Å². The van der Waals surface area contributed by atoms with Crippen molar-refractivity contribution in [1.29, 1.82) is 0 Å². The minimum atomic E-state index is -0.221. The molecule has 0 bridgehead atoms. The molecular weight excluding hydrogens is 335 g/mol.